The first-order chi connectivity index (χ1) is 14.1. The SMILES string of the molecule is C[Si](C)(C)C#Cc1nc2cc3oc(C#C[Si](C)(C)C)nc3cc2o1.c1ccccc1. The van der Waals surface area contributed by atoms with Crippen LogP contribution in [0.2, 0.25) is 39.3 Å². The van der Waals surface area contributed by atoms with Gasteiger partial charge in [-0.2, -0.15) is 0 Å². The summed E-state index contributed by atoms with van der Waals surface area (Å²) in [5.74, 6) is 6.96. The summed E-state index contributed by atoms with van der Waals surface area (Å²) in [6.07, 6.45) is 0. The molecule has 2 aromatic carbocycles. The van der Waals surface area contributed by atoms with Crippen LogP contribution in [0.1, 0.15) is 11.8 Å². The number of nitrogens with zero attached hydrogens (tertiary/aromatic N) is 2. The van der Waals surface area contributed by atoms with Crippen LogP contribution in [0.4, 0.5) is 0 Å². The van der Waals surface area contributed by atoms with Gasteiger partial charge < -0.3 is 8.83 Å². The van der Waals surface area contributed by atoms with E-state index in [1.54, 1.807) is 0 Å². The van der Waals surface area contributed by atoms with E-state index >= 15 is 0 Å². The van der Waals surface area contributed by atoms with Crippen molar-refractivity contribution in [3.8, 4) is 22.9 Å². The minimum absolute atomic E-state index is 0.443. The molecule has 0 aliphatic rings. The van der Waals surface area contributed by atoms with Crippen molar-refractivity contribution in [2.75, 3.05) is 0 Å². The van der Waals surface area contributed by atoms with Gasteiger partial charge in [0.05, 0.1) is 0 Å². The first kappa shape index (κ1) is 21.6. The van der Waals surface area contributed by atoms with Gasteiger partial charge in [-0.3, -0.25) is 0 Å². The zero-order chi connectivity index (χ0) is 21.8. The lowest BCUT2D eigenvalue weighted by molar-refractivity contribution is 0.585. The van der Waals surface area contributed by atoms with E-state index in [4.69, 9.17) is 8.83 Å². The van der Waals surface area contributed by atoms with E-state index in [2.05, 4.69) is 72.2 Å². The van der Waals surface area contributed by atoms with Gasteiger partial charge in [0.2, 0.25) is 0 Å². The van der Waals surface area contributed by atoms with Gasteiger partial charge in [0.25, 0.3) is 11.8 Å². The monoisotopic (exact) mass is 430 g/mol. The Bertz CT molecular complexity index is 1110. The summed E-state index contributed by atoms with van der Waals surface area (Å²) in [5, 5.41) is 0. The van der Waals surface area contributed by atoms with Crippen molar-refractivity contribution in [3.63, 3.8) is 0 Å². The van der Waals surface area contributed by atoms with Gasteiger partial charge in [-0.15, -0.1) is 11.1 Å². The topological polar surface area (TPSA) is 52.1 Å². The molecule has 2 aromatic heterocycles. The Kier molecular flexibility index (Phi) is 6.31. The van der Waals surface area contributed by atoms with Crippen molar-refractivity contribution < 1.29 is 8.83 Å². The zero-order valence-electron chi connectivity index (χ0n) is 18.3. The van der Waals surface area contributed by atoms with Gasteiger partial charge in [-0.1, -0.05) is 75.7 Å². The summed E-state index contributed by atoms with van der Waals surface area (Å²) >= 11 is 0. The zero-order valence-corrected chi connectivity index (χ0v) is 20.3. The van der Waals surface area contributed by atoms with Gasteiger partial charge in [0.15, 0.2) is 11.2 Å². The van der Waals surface area contributed by atoms with Gasteiger partial charge >= 0.3 is 0 Å². The third-order valence-electron chi connectivity index (χ3n) is 3.65. The predicted octanol–water partition coefficient (Wildman–Crippen LogP) is 6.11. The molecule has 0 aliphatic carbocycles. The van der Waals surface area contributed by atoms with Crippen LogP contribution in [0.5, 0.6) is 0 Å². The molecule has 4 nitrogen and oxygen atoms in total. The Balaban J connectivity index is 0.000000367. The van der Waals surface area contributed by atoms with E-state index in [9.17, 15) is 0 Å². The number of hydrogen-bond acceptors (Lipinski definition) is 4. The van der Waals surface area contributed by atoms with Crippen LogP contribution in [0.15, 0.2) is 57.4 Å². The molecule has 4 aromatic rings. The maximum atomic E-state index is 5.72. The predicted molar refractivity (Wildman–Crippen MR) is 128 cm³/mol. The number of benzene rings is 2. The third kappa shape index (κ3) is 6.48. The fourth-order valence-corrected chi connectivity index (χ4v) is 3.29. The lowest BCUT2D eigenvalue weighted by Gasteiger charge is -2.01. The highest BCUT2D eigenvalue weighted by molar-refractivity contribution is 6.84. The van der Waals surface area contributed by atoms with E-state index in [-0.39, 0.29) is 0 Å². The second kappa shape index (κ2) is 8.75. The van der Waals surface area contributed by atoms with E-state index in [0.717, 1.165) is 11.0 Å². The van der Waals surface area contributed by atoms with E-state index in [1.807, 2.05) is 48.5 Å². The number of aromatic nitrogens is 2. The van der Waals surface area contributed by atoms with E-state index in [1.165, 1.54) is 0 Å². The Labute approximate surface area is 179 Å². The molecule has 0 saturated heterocycles. The molecule has 4 rings (SSSR count). The van der Waals surface area contributed by atoms with Crippen molar-refractivity contribution in [1.29, 1.82) is 0 Å². The lowest BCUT2D eigenvalue weighted by Crippen LogP contribution is -2.16. The van der Waals surface area contributed by atoms with E-state index in [0.29, 0.717) is 22.9 Å². The lowest BCUT2D eigenvalue weighted by atomic mass is 10.3. The molecular formula is C24H26N2O2Si2. The quantitative estimate of drug-likeness (QED) is 0.249. The molecule has 30 heavy (non-hydrogen) atoms. The van der Waals surface area contributed by atoms with Gasteiger partial charge in [-0.05, 0) is 11.8 Å². The summed E-state index contributed by atoms with van der Waals surface area (Å²) in [4.78, 5) is 8.85. The molecule has 0 atom stereocenters. The third-order valence-corrected chi connectivity index (χ3v) is 5.40. The molecule has 0 aliphatic heterocycles. The highest BCUT2D eigenvalue weighted by atomic mass is 28.3. The first-order valence-electron chi connectivity index (χ1n) is 9.87. The van der Waals surface area contributed by atoms with Crippen molar-refractivity contribution in [2.24, 2.45) is 0 Å². The smallest absolute Gasteiger partial charge is 0.273 e. The normalized spacial score (nSPS) is 11.1. The van der Waals surface area contributed by atoms with Crippen LogP contribution in [-0.2, 0) is 0 Å². The van der Waals surface area contributed by atoms with Crippen LogP contribution >= 0.6 is 0 Å². The molecular weight excluding hydrogens is 404 g/mol. The molecule has 2 heterocycles. The summed E-state index contributed by atoms with van der Waals surface area (Å²) < 4.78 is 11.4. The van der Waals surface area contributed by atoms with Crippen LogP contribution < -0.4 is 0 Å². The maximum absolute atomic E-state index is 5.72. The van der Waals surface area contributed by atoms with Gasteiger partial charge in [0, 0.05) is 12.1 Å². The second-order valence-corrected chi connectivity index (χ2v) is 18.5. The number of rotatable bonds is 0. The Morgan fingerprint density at radius 1 is 0.600 bits per heavy atom. The summed E-state index contributed by atoms with van der Waals surface area (Å²) in [6.45, 7) is 13.1. The maximum Gasteiger partial charge on any atom is 0.273 e. The molecule has 0 fully saturated rings. The number of oxazole rings is 2. The molecule has 0 saturated carbocycles. The average molecular weight is 431 g/mol. The standard InChI is InChI=1S/C18H20N2O2Si2.C6H6/c1-23(2,3)9-7-17-19-13-11-16-14(12-15(13)21-17)20-18(22-16)8-10-24(4,5)6;1-2-4-6-5-3-1/h11-12H,1-6H3;1-6H. The van der Waals surface area contributed by atoms with Crippen molar-refractivity contribution in [3.05, 3.63) is 60.3 Å². The van der Waals surface area contributed by atoms with E-state index < -0.39 is 16.1 Å². The molecule has 0 bridgehead atoms. The molecule has 0 radical (unpaired) electrons. The molecule has 0 unspecified atom stereocenters. The molecule has 6 heteroatoms. The molecule has 0 spiro atoms. The molecule has 152 valence electrons. The highest BCUT2D eigenvalue weighted by Crippen LogP contribution is 2.23. The van der Waals surface area contributed by atoms with Crippen LogP contribution in [-0.4, -0.2) is 26.1 Å². The molecule has 0 N–H and O–H groups in total. The molecule has 0 amide bonds. The van der Waals surface area contributed by atoms with Gasteiger partial charge in [-0.25, -0.2) is 9.97 Å². The fraction of sp³-hybridized carbons (Fsp3) is 0.250. The van der Waals surface area contributed by atoms with Crippen LogP contribution in [0.25, 0.3) is 22.2 Å². The van der Waals surface area contributed by atoms with Gasteiger partial charge in [0.1, 0.15) is 27.2 Å². The second-order valence-electron chi connectivity index (χ2n) is 8.98. The van der Waals surface area contributed by atoms with Crippen LogP contribution in [0.3, 0.4) is 0 Å². The summed E-state index contributed by atoms with van der Waals surface area (Å²) in [5.41, 5.74) is 9.29. The fourth-order valence-electron chi connectivity index (χ4n) is 2.32. The highest BCUT2D eigenvalue weighted by Gasteiger charge is 2.13. The first-order valence-corrected chi connectivity index (χ1v) is 16.9. The van der Waals surface area contributed by atoms with Crippen molar-refractivity contribution in [2.45, 2.75) is 39.3 Å². The summed E-state index contributed by atoms with van der Waals surface area (Å²) in [6, 6.07) is 15.7. The minimum Gasteiger partial charge on any atom is -0.430 e. The average Bonchev–Trinajstić information content (AvgIpc) is 3.25. The van der Waals surface area contributed by atoms with Crippen LogP contribution in [0, 0.1) is 22.9 Å². The van der Waals surface area contributed by atoms with Crippen molar-refractivity contribution >= 4 is 38.3 Å². The Hall–Kier alpha value is -3.07. The Morgan fingerprint density at radius 3 is 1.23 bits per heavy atom. The minimum atomic E-state index is -1.46. The van der Waals surface area contributed by atoms with Crippen molar-refractivity contribution in [1.82, 2.24) is 9.97 Å². The summed E-state index contributed by atoms with van der Waals surface area (Å²) in [7, 11) is -2.92. The number of hydrogen-bond donors (Lipinski definition) is 0. The Morgan fingerprint density at radius 2 is 0.933 bits per heavy atom. The largest absolute Gasteiger partial charge is 0.430 e. The number of fused-ring (bicyclic) bond motifs is 2.